The molecule has 3 aromatic carbocycles. The molecule has 0 saturated carbocycles. The molecule has 8 nitrogen and oxygen atoms in total. The largest absolute Gasteiger partial charge is 0.373 e. The Labute approximate surface area is 215 Å². The lowest BCUT2D eigenvalue weighted by Gasteiger charge is -2.30. The molecular weight excluding hydrogens is 466 g/mol. The molecule has 0 spiro atoms. The van der Waals surface area contributed by atoms with Crippen LogP contribution in [0.1, 0.15) is 39.1 Å². The van der Waals surface area contributed by atoms with Crippen LogP contribution < -0.4 is 15.5 Å². The number of aromatic nitrogens is 2. The Morgan fingerprint density at radius 1 is 0.865 bits per heavy atom. The number of anilines is 2. The van der Waals surface area contributed by atoms with E-state index in [2.05, 4.69) is 16.8 Å². The van der Waals surface area contributed by atoms with Crippen LogP contribution in [0.5, 0.6) is 0 Å². The predicted molar refractivity (Wildman–Crippen MR) is 147 cm³/mol. The van der Waals surface area contributed by atoms with E-state index < -0.39 is 0 Å². The van der Waals surface area contributed by atoms with Crippen molar-refractivity contribution in [3.63, 3.8) is 0 Å². The first-order chi connectivity index (χ1) is 17.8. The maximum atomic E-state index is 13.9. The molecule has 3 heterocycles. The molecule has 190 valence electrons. The van der Waals surface area contributed by atoms with Crippen LogP contribution in [0.25, 0.3) is 21.8 Å². The molecule has 0 N–H and O–H groups in total. The van der Waals surface area contributed by atoms with Gasteiger partial charge in [-0.2, -0.15) is 0 Å². The van der Waals surface area contributed by atoms with Gasteiger partial charge in [-0.05, 0) is 68.8 Å². The zero-order chi connectivity index (χ0) is 26.0. The molecule has 1 fully saturated rings. The summed E-state index contributed by atoms with van der Waals surface area (Å²) in [6.07, 6.45) is 2.52. The fourth-order valence-corrected chi connectivity index (χ4v) is 5.93. The molecule has 4 aromatic rings. The van der Waals surface area contributed by atoms with Crippen LogP contribution >= 0.6 is 0 Å². The lowest BCUT2D eigenvalue weighted by molar-refractivity contribution is 0.0893. The summed E-state index contributed by atoms with van der Waals surface area (Å²) < 4.78 is 3.11. The van der Waals surface area contributed by atoms with Crippen LogP contribution in [0.2, 0.25) is 0 Å². The van der Waals surface area contributed by atoms with Crippen molar-refractivity contribution >= 4 is 45.0 Å². The Morgan fingerprint density at radius 3 is 2.22 bits per heavy atom. The number of carbonyl (C=O) groups is 2. The van der Waals surface area contributed by atoms with E-state index in [-0.39, 0.29) is 17.5 Å². The fraction of sp³-hybridized carbons (Fsp3) is 0.345. The summed E-state index contributed by atoms with van der Waals surface area (Å²) in [4.78, 5) is 46.2. The van der Waals surface area contributed by atoms with Crippen molar-refractivity contribution in [3.8, 4) is 0 Å². The van der Waals surface area contributed by atoms with Gasteiger partial charge in [-0.1, -0.05) is 12.1 Å². The number of hydrogen-bond acceptors (Lipinski definition) is 5. The summed E-state index contributed by atoms with van der Waals surface area (Å²) in [7, 11) is 5.49. The number of likely N-dealkylation sites (tertiary alicyclic amines) is 1. The van der Waals surface area contributed by atoms with Gasteiger partial charge in [0.1, 0.15) is 0 Å². The second kappa shape index (κ2) is 8.59. The molecular formula is C29H31N5O3. The normalized spacial score (nSPS) is 15.9. The van der Waals surface area contributed by atoms with E-state index in [1.807, 2.05) is 37.3 Å². The molecule has 2 amide bonds. The van der Waals surface area contributed by atoms with E-state index >= 15 is 0 Å². The summed E-state index contributed by atoms with van der Waals surface area (Å²) >= 11 is 0. The van der Waals surface area contributed by atoms with Gasteiger partial charge in [-0.25, -0.2) is 9.69 Å². The van der Waals surface area contributed by atoms with Crippen LogP contribution in [0.3, 0.4) is 0 Å². The second-order valence-corrected chi connectivity index (χ2v) is 10.3. The van der Waals surface area contributed by atoms with Crippen molar-refractivity contribution in [1.29, 1.82) is 0 Å². The number of imide groups is 1. The lowest BCUT2D eigenvalue weighted by atomic mass is 9.92. The summed E-state index contributed by atoms with van der Waals surface area (Å²) in [5.41, 5.74) is 4.58. The zero-order valence-electron chi connectivity index (χ0n) is 21.7. The average molecular weight is 498 g/mol. The van der Waals surface area contributed by atoms with Gasteiger partial charge in [0.25, 0.3) is 11.8 Å². The third-order valence-corrected chi connectivity index (χ3v) is 8.08. The standard InChI is InChI=1S/C29H31N5O3/c1-18-16-24-25(32(4)29(37)31(24)3)17-23(18)34-27(35)20-9-7-8-19-22(11-10-21(26(19)20)28(34)36)30(2)14-15-33-12-5-6-13-33/h7-11,16-17H,5-6,12-15H2,1-4H3. The van der Waals surface area contributed by atoms with Gasteiger partial charge in [-0.3, -0.25) is 18.7 Å². The van der Waals surface area contributed by atoms with Crippen molar-refractivity contribution in [2.24, 2.45) is 14.1 Å². The predicted octanol–water partition coefficient (Wildman–Crippen LogP) is 3.67. The van der Waals surface area contributed by atoms with Gasteiger partial charge in [0.15, 0.2) is 0 Å². The number of rotatable bonds is 5. The molecule has 0 unspecified atom stereocenters. The van der Waals surface area contributed by atoms with Crippen molar-refractivity contribution in [2.75, 3.05) is 43.0 Å². The van der Waals surface area contributed by atoms with E-state index in [9.17, 15) is 14.4 Å². The topological polar surface area (TPSA) is 70.8 Å². The van der Waals surface area contributed by atoms with Crippen LogP contribution in [0, 0.1) is 6.92 Å². The summed E-state index contributed by atoms with van der Waals surface area (Å²) in [6.45, 7) is 6.04. The van der Waals surface area contributed by atoms with E-state index in [1.165, 1.54) is 22.3 Å². The number of aryl methyl sites for hydroxylation is 3. The number of carbonyl (C=O) groups excluding carboxylic acids is 2. The van der Waals surface area contributed by atoms with Gasteiger partial charge in [0.2, 0.25) is 0 Å². The maximum absolute atomic E-state index is 13.9. The number of amides is 2. The lowest BCUT2D eigenvalue weighted by Crippen LogP contribution is -2.41. The minimum atomic E-state index is -0.344. The van der Waals surface area contributed by atoms with Gasteiger partial charge < -0.3 is 9.80 Å². The first-order valence-corrected chi connectivity index (χ1v) is 12.8. The van der Waals surface area contributed by atoms with E-state index in [4.69, 9.17) is 0 Å². The third kappa shape index (κ3) is 3.50. The zero-order valence-corrected chi connectivity index (χ0v) is 21.7. The van der Waals surface area contributed by atoms with E-state index in [0.717, 1.165) is 48.3 Å². The summed E-state index contributed by atoms with van der Waals surface area (Å²) in [6, 6.07) is 13.2. The minimum Gasteiger partial charge on any atom is -0.373 e. The highest BCUT2D eigenvalue weighted by molar-refractivity contribution is 6.36. The molecule has 1 saturated heterocycles. The van der Waals surface area contributed by atoms with Gasteiger partial charge in [-0.15, -0.1) is 0 Å². The molecule has 2 aliphatic heterocycles. The monoisotopic (exact) mass is 497 g/mol. The molecule has 2 aliphatic rings. The quantitative estimate of drug-likeness (QED) is 0.394. The van der Waals surface area contributed by atoms with E-state index in [1.54, 1.807) is 30.8 Å². The third-order valence-electron chi connectivity index (χ3n) is 8.08. The van der Waals surface area contributed by atoms with Gasteiger partial charge in [0, 0.05) is 61.8 Å². The first kappa shape index (κ1) is 23.5. The average Bonchev–Trinajstić information content (AvgIpc) is 3.49. The molecule has 1 aromatic heterocycles. The van der Waals surface area contributed by atoms with Gasteiger partial charge >= 0.3 is 5.69 Å². The second-order valence-electron chi connectivity index (χ2n) is 10.3. The summed E-state index contributed by atoms with van der Waals surface area (Å²) in [5, 5.41) is 1.63. The maximum Gasteiger partial charge on any atom is 0.328 e. The number of nitrogens with zero attached hydrogens (tertiary/aromatic N) is 5. The molecule has 0 atom stereocenters. The number of hydrogen-bond donors (Lipinski definition) is 0. The first-order valence-electron chi connectivity index (χ1n) is 12.8. The van der Waals surface area contributed by atoms with Crippen LogP contribution in [-0.2, 0) is 14.1 Å². The molecule has 8 heteroatoms. The minimum absolute atomic E-state index is 0.153. The van der Waals surface area contributed by atoms with Gasteiger partial charge in [0.05, 0.1) is 16.7 Å². The smallest absolute Gasteiger partial charge is 0.328 e. The van der Waals surface area contributed by atoms with Crippen molar-refractivity contribution in [1.82, 2.24) is 14.0 Å². The number of likely N-dealkylation sites (N-methyl/N-ethyl adjacent to an activating group) is 1. The Bertz CT molecular complexity index is 1640. The van der Waals surface area contributed by atoms with Crippen molar-refractivity contribution < 1.29 is 9.59 Å². The molecule has 6 rings (SSSR count). The number of benzene rings is 3. The Morgan fingerprint density at radius 2 is 1.51 bits per heavy atom. The van der Waals surface area contributed by atoms with Crippen LogP contribution in [0.4, 0.5) is 11.4 Å². The molecule has 37 heavy (non-hydrogen) atoms. The van der Waals surface area contributed by atoms with E-state index in [0.29, 0.717) is 27.7 Å². The number of imidazole rings is 1. The van der Waals surface area contributed by atoms with Crippen LogP contribution in [-0.4, -0.2) is 59.1 Å². The van der Waals surface area contributed by atoms with Crippen molar-refractivity contribution in [2.45, 2.75) is 19.8 Å². The highest BCUT2D eigenvalue weighted by Gasteiger charge is 2.36. The SMILES string of the molecule is Cc1cc2c(cc1N1C(=O)c3cccc4c(N(C)CCN5CCCC5)ccc(c34)C1=O)n(C)c(=O)n2C. The fourth-order valence-electron chi connectivity index (χ4n) is 5.93. The number of fused-ring (bicyclic) bond motifs is 1. The van der Waals surface area contributed by atoms with Crippen LogP contribution in [0.15, 0.2) is 47.3 Å². The van der Waals surface area contributed by atoms with Crippen molar-refractivity contribution in [3.05, 3.63) is 69.6 Å². The highest BCUT2D eigenvalue weighted by atomic mass is 16.2. The highest BCUT2D eigenvalue weighted by Crippen LogP contribution is 2.38. The Kier molecular flexibility index (Phi) is 5.45. The molecule has 0 radical (unpaired) electrons. The molecule has 0 bridgehead atoms. The molecule has 0 aliphatic carbocycles. The summed E-state index contributed by atoms with van der Waals surface area (Å²) in [5.74, 6) is -0.688. The Balaban J connectivity index is 1.43. The Hall–Kier alpha value is -3.91.